The van der Waals surface area contributed by atoms with Crippen molar-refractivity contribution in [1.82, 2.24) is 4.31 Å². The number of benzene rings is 2. The molecule has 0 aliphatic carbocycles. The van der Waals surface area contributed by atoms with E-state index in [1.165, 1.54) is 22.5 Å². The predicted molar refractivity (Wildman–Crippen MR) is 114 cm³/mol. The molecule has 0 radical (unpaired) electrons. The van der Waals surface area contributed by atoms with E-state index in [2.05, 4.69) is 5.32 Å². The second-order valence-electron chi connectivity index (χ2n) is 7.10. The second-order valence-corrected chi connectivity index (χ2v) is 9.45. The number of halogens is 1. The maximum Gasteiger partial charge on any atom is 0.340 e. The lowest BCUT2D eigenvalue weighted by Gasteiger charge is -2.26. The molecule has 1 saturated heterocycles. The summed E-state index contributed by atoms with van der Waals surface area (Å²) >= 11 is 6.08. The number of hydrogen-bond donors (Lipinski definition) is 1. The van der Waals surface area contributed by atoms with Gasteiger partial charge in [-0.1, -0.05) is 30.2 Å². The summed E-state index contributed by atoms with van der Waals surface area (Å²) in [5.41, 5.74) is 1.46. The van der Waals surface area contributed by atoms with Crippen LogP contribution in [0.4, 0.5) is 5.69 Å². The number of aryl methyl sites for hydroxylation is 1. The average molecular weight is 451 g/mol. The van der Waals surface area contributed by atoms with Crippen molar-refractivity contribution >= 4 is 39.2 Å². The van der Waals surface area contributed by atoms with Gasteiger partial charge in [0.05, 0.1) is 15.5 Å². The highest BCUT2D eigenvalue weighted by Gasteiger charge is 2.27. The number of sulfonamides is 1. The Morgan fingerprint density at radius 2 is 1.83 bits per heavy atom. The van der Waals surface area contributed by atoms with Crippen LogP contribution >= 0.6 is 11.6 Å². The largest absolute Gasteiger partial charge is 0.452 e. The third kappa shape index (κ3) is 5.38. The first-order valence-corrected chi connectivity index (χ1v) is 11.4. The van der Waals surface area contributed by atoms with Gasteiger partial charge in [0.1, 0.15) is 0 Å². The molecule has 2 aromatic carbocycles. The number of rotatable bonds is 6. The summed E-state index contributed by atoms with van der Waals surface area (Å²) < 4.78 is 32.1. The molecule has 1 N–H and O–H groups in total. The maximum atomic E-state index is 12.8. The number of carbonyl (C=O) groups excluding carboxylic acids is 2. The number of ether oxygens (including phenoxy) is 1. The molecular formula is C21H23ClN2O5S. The van der Waals surface area contributed by atoms with Crippen LogP contribution < -0.4 is 5.32 Å². The van der Waals surface area contributed by atoms with E-state index in [9.17, 15) is 18.0 Å². The van der Waals surface area contributed by atoms with E-state index in [4.69, 9.17) is 16.3 Å². The Balaban J connectivity index is 1.68. The Morgan fingerprint density at radius 3 is 2.53 bits per heavy atom. The van der Waals surface area contributed by atoms with Crippen molar-refractivity contribution in [2.45, 2.75) is 31.1 Å². The van der Waals surface area contributed by atoms with Crippen molar-refractivity contribution < 1.29 is 22.7 Å². The second kappa shape index (κ2) is 9.59. The molecule has 1 amide bonds. The quantitative estimate of drug-likeness (QED) is 0.678. The normalized spacial score (nSPS) is 14.9. The fraction of sp³-hybridized carbons (Fsp3) is 0.333. The van der Waals surface area contributed by atoms with Gasteiger partial charge in [-0.05, 0) is 55.7 Å². The van der Waals surface area contributed by atoms with Gasteiger partial charge in [0.2, 0.25) is 10.0 Å². The molecular weight excluding hydrogens is 428 g/mol. The molecule has 1 fully saturated rings. The summed E-state index contributed by atoms with van der Waals surface area (Å²) in [7, 11) is -3.72. The van der Waals surface area contributed by atoms with Crippen LogP contribution in [0.15, 0.2) is 47.4 Å². The highest BCUT2D eigenvalue weighted by atomic mass is 35.5. The zero-order valence-electron chi connectivity index (χ0n) is 16.6. The maximum absolute atomic E-state index is 12.8. The molecule has 1 heterocycles. The van der Waals surface area contributed by atoms with Gasteiger partial charge < -0.3 is 10.1 Å². The molecule has 3 rings (SSSR count). The van der Waals surface area contributed by atoms with Crippen LogP contribution in [0.3, 0.4) is 0 Å². The van der Waals surface area contributed by atoms with E-state index in [0.717, 1.165) is 24.8 Å². The molecule has 160 valence electrons. The Hall–Kier alpha value is -2.42. The summed E-state index contributed by atoms with van der Waals surface area (Å²) in [6.07, 6.45) is 2.60. The van der Waals surface area contributed by atoms with Gasteiger partial charge in [0.25, 0.3) is 5.91 Å². The predicted octanol–water partition coefficient (Wildman–Crippen LogP) is 3.62. The van der Waals surface area contributed by atoms with Crippen molar-refractivity contribution in [3.8, 4) is 0 Å². The van der Waals surface area contributed by atoms with E-state index in [0.29, 0.717) is 18.8 Å². The van der Waals surface area contributed by atoms with Crippen molar-refractivity contribution in [2.24, 2.45) is 0 Å². The van der Waals surface area contributed by atoms with E-state index in [1.54, 1.807) is 18.2 Å². The molecule has 0 unspecified atom stereocenters. The van der Waals surface area contributed by atoms with Gasteiger partial charge in [-0.2, -0.15) is 4.31 Å². The number of piperidine rings is 1. The van der Waals surface area contributed by atoms with Gasteiger partial charge in [-0.25, -0.2) is 13.2 Å². The standard InChI is InChI=1S/C21H23ClN2O5S/c1-15-6-5-7-16(12-15)23-20(25)14-29-21(26)18-13-17(8-9-19(18)22)30(27,28)24-10-3-2-4-11-24/h5-9,12-13H,2-4,10-11,14H2,1H3,(H,23,25). The SMILES string of the molecule is Cc1cccc(NC(=O)COC(=O)c2cc(S(=O)(=O)N3CCCCC3)ccc2Cl)c1. The number of anilines is 1. The van der Waals surface area contributed by atoms with Gasteiger partial charge in [0, 0.05) is 18.8 Å². The molecule has 0 aromatic heterocycles. The van der Waals surface area contributed by atoms with Gasteiger partial charge in [-0.3, -0.25) is 4.79 Å². The highest BCUT2D eigenvalue weighted by molar-refractivity contribution is 7.89. The molecule has 0 bridgehead atoms. The number of nitrogens with one attached hydrogen (secondary N) is 1. The van der Waals surface area contributed by atoms with Gasteiger partial charge in [0.15, 0.2) is 6.61 Å². The average Bonchev–Trinajstić information content (AvgIpc) is 2.73. The summed E-state index contributed by atoms with van der Waals surface area (Å²) in [5.74, 6) is -1.38. The number of amides is 1. The summed E-state index contributed by atoms with van der Waals surface area (Å²) in [5, 5.41) is 2.68. The monoisotopic (exact) mass is 450 g/mol. The van der Waals surface area contributed by atoms with Crippen LogP contribution in [-0.2, 0) is 19.6 Å². The van der Waals surface area contributed by atoms with Crippen LogP contribution in [0, 0.1) is 6.92 Å². The third-order valence-corrected chi connectivity index (χ3v) is 6.97. The fourth-order valence-corrected chi connectivity index (χ4v) is 4.94. The van der Waals surface area contributed by atoms with Crippen molar-refractivity contribution in [3.05, 3.63) is 58.6 Å². The van der Waals surface area contributed by atoms with Crippen molar-refractivity contribution in [2.75, 3.05) is 25.0 Å². The van der Waals surface area contributed by atoms with Crippen LogP contribution in [0.2, 0.25) is 5.02 Å². The summed E-state index contributed by atoms with van der Waals surface area (Å²) in [6.45, 7) is 2.27. The Morgan fingerprint density at radius 1 is 1.10 bits per heavy atom. The molecule has 0 spiro atoms. The Kier molecular flexibility index (Phi) is 7.12. The molecule has 1 aliphatic heterocycles. The van der Waals surface area contributed by atoms with E-state index < -0.39 is 28.5 Å². The van der Waals surface area contributed by atoms with Gasteiger partial charge in [-0.15, -0.1) is 0 Å². The molecule has 7 nitrogen and oxygen atoms in total. The van der Waals surface area contributed by atoms with Crippen LogP contribution in [-0.4, -0.2) is 44.3 Å². The Labute approximate surface area is 181 Å². The lowest BCUT2D eigenvalue weighted by molar-refractivity contribution is -0.119. The molecule has 0 saturated carbocycles. The van der Waals surface area contributed by atoms with E-state index in [-0.39, 0.29) is 15.5 Å². The first-order valence-electron chi connectivity index (χ1n) is 9.61. The van der Waals surface area contributed by atoms with Crippen molar-refractivity contribution in [1.29, 1.82) is 0 Å². The number of carbonyl (C=O) groups is 2. The minimum atomic E-state index is -3.72. The fourth-order valence-electron chi connectivity index (χ4n) is 3.20. The van der Waals surface area contributed by atoms with Crippen LogP contribution in [0.25, 0.3) is 0 Å². The summed E-state index contributed by atoms with van der Waals surface area (Å²) in [6, 6.07) is 11.1. The number of esters is 1. The lowest BCUT2D eigenvalue weighted by Crippen LogP contribution is -2.35. The highest BCUT2D eigenvalue weighted by Crippen LogP contribution is 2.25. The molecule has 0 atom stereocenters. The first kappa shape index (κ1) is 22.3. The van der Waals surface area contributed by atoms with Crippen LogP contribution in [0.1, 0.15) is 35.2 Å². The molecule has 1 aliphatic rings. The third-order valence-electron chi connectivity index (χ3n) is 4.75. The van der Waals surface area contributed by atoms with E-state index >= 15 is 0 Å². The smallest absolute Gasteiger partial charge is 0.340 e. The van der Waals surface area contributed by atoms with Crippen molar-refractivity contribution in [3.63, 3.8) is 0 Å². The Bertz CT molecular complexity index is 1050. The zero-order chi connectivity index (χ0) is 21.7. The van der Waals surface area contributed by atoms with Gasteiger partial charge >= 0.3 is 5.97 Å². The number of nitrogens with zero attached hydrogens (tertiary/aromatic N) is 1. The number of hydrogen-bond acceptors (Lipinski definition) is 5. The summed E-state index contributed by atoms with van der Waals surface area (Å²) in [4.78, 5) is 24.5. The zero-order valence-corrected chi connectivity index (χ0v) is 18.1. The van der Waals surface area contributed by atoms with Crippen LogP contribution in [0.5, 0.6) is 0 Å². The molecule has 30 heavy (non-hydrogen) atoms. The topological polar surface area (TPSA) is 92.8 Å². The molecule has 2 aromatic rings. The molecule has 9 heteroatoms. The lowest BCUT2D eigenvalue weighted by atomic mass is 10.2. The van der Waals surface area contributed by atoms with E-state index in [1.807, 2.05) is 13.0 Å². The minimum Gasteiger partial charge on any atom is -0.452 e. The first-order chi connectivity index (χ1) is 14.3. The minimum absolute atomic E-state index is 0.0232.